The summed E-state index contributed by atoms with van der Waals surface area (Å²) in [4.78, 5) is 27.6. The predicted octanol–water partition coefficient (Wildman–Crippen LogP) is 1.63. The van der Waals surface area contributed by atoms with E-state index in [1.165, 1.54) is 0 Å². The first-order valence-corrected chi connectivity index (χ1v) is 8.21. The third kappa shape index (κ3) is 4.72. The normalized spacial score (nSPS) is 14.8. The number of amides is 2. The van der Waals surface area contributed by atoms with E-state index in [0.29, 0.717) is 31.1 Å². The van der Waals surface area contributed by atoms with E-state index < -0.39 is 0 Å². The van der Waals surface area contributed by atoms with Gasteiger partial charge in [0.2, 0.25) is 5.91 Å². The highest BCUT2D eigenvalue weighted by Crippen LogP contribution is 2.17. The quantitative estimate of drug-likeness (QED) is 0.891. The lowest BCUT2D eigenvalue weighted by molar-refractivity contribution is -0.131. The Kier molecular flexibility index (Phi) is 6.19. The maximum atomic E-state index is 12.2. The van der Waals surface area contributed by atoms with Crippen LogP contribution in [-0.2, 0) is 4.79 Å². The summed E-state index contributed by atoms with van der Waals surface area (Å²) < 4.78 is 0. The van der Waals surface area contributed by atoms with Gasteiger partial charge in [0.25, 0.3) is 5.91 Å². The first-order chi connectivity index (χ1) is 11.5. The second-order valence-electron chi connectivity index (χ2n) is 6.31. The zero-order chi connectivity index (χ0) is 17.5. The number of likely N-dealkylation sites (tertiary alicyclic amines) is 1. The van der Waals surface area contributed by atoms with Crippen molar-refractivity contribution in [3.8, 4) is 6.07 Å². The fourth-order valence-corrected chi connectivity index (χ4v) is 2.82. The van der Waals surface area contributed by atoms with Gasteiger partial charge in [-0.05, 0) is 43.0 Å². The van der Waals surface area contributed by atoms with Crippen LogP contribution < -0.4 is 10.2 Å². The SMILES string of the molecule is CN(C)c1ccc(C(=O)NCC2CCN(C(=O)CC#N)CC2)cc1. The number of anilines is 1. The molecule has 0 aromatic heterocycles. The highest BCUT2D eigenvalue weighted by atomic mass is 16.2. The summed E-state index contributed by atoms with van der Waals surface area (Å²) in [5, 5.41) is 11.6. The lowest BCUT2D eigenvalue weighted by Crippen LogP contribution is -2.41. The minimum Gasteiger partial charge on any atom is -0.378 e. The Morgan fingerprint density at radius 2 is 1.88 bits per heavy atom. The van der Waals surface area contributed by atoms with Gasteiger partial charge in [-0.25, -0.2) is 0 Å². The summed E-state index contributed by atoms with van der Waals surface area (Å²) in [5.74, 6) is 0.213. The topological polar surface area (TPSA) is 76.4 Å². The first kappa shape index (κ1) is 17.8. The molecule has 2 rings (SSSR count). The van der Waals surface area contributed by atoms with Gasteiger partial charge in [0.15, 0.2) is 0 Å². The molecule has 1 N–H and O–H groups in total. The van der Waals surface area contributed by atoms with Crippen LogP contribution in [0.2, 0.25) is 0 Å². The third-order valence-corrected chi connectivity index (χ3v) is 4.39. The highest BCUT2D eigenvalue weighted by molar-refractivity contribution is 5.94. The Bertz CT molecular complexity index is 611. The smallest absolute Gasteiger partial charge is 0.251 e. The first-order valence-electron chi connectivity index (χ1n) is 8.21. The summed E-state index contributed by atoms with van der Waals surface area (Å²) >= 11 is 0. The number of nitriles is 1. The molecule has 1 aliphatic rings. The summed E-state index contributed by atoms with van der Waals surface area (Å²) in [7, 11) is 3.92. The molecule has 1 saturated heterocycles. The number of carbonyl (C=O) groups excluding carboxylic acids is 2. The van der Waals surface area contributed by atoms with Crippen LogP contribution in [0.5, 0.6) is 0 Å². The third-order valence-electron chi connectivity index (χ3n) is 4.39. The zero-order valence-corrected chi connectivity index (χ0v) is 14.3. The number of piperidine rings is 1. The second kappa shape index (κ2) is 8.34. The van der Waals surface area contributed by atoms with Crippen molar-refractivity contribution in [2.75, 3.05) is 38.6 Å². The molecular formula is C18H24N4O2. The monoisotopic (exact) mass is 328 g/mol. The molecular weight excluding hydrogens is 304 g/mol. The van der Waals surface area contributed by atoms with Gasteiger partial charge in [-0.1, -0.05) is 0 Å². The Morgan fingerprint density at radius 3 is 2.42 bits per heavy atom. The van der Waals surface area contributed by atoms with Crippen LogP contribution in [0.4, 0.5) is 5.69 Å². The molecule has 1 heterocycles. The van der Waals surface area contributed by atoms with Crippen molar-refractivity contribution < 1.29 is 9.59 Å². The largest absolute Gasteiger partial charge is 0.378 e. The molecule has 0 spiro atoms. The van der Waals surface area contributed by atoms with Crippen LogP contribution in [-0.4, -0.2) is 50.4 Å². The van der Waals surface area contributed by atoms with Crippen LogP contribution in [0.15, 0.2) is 24.3 Å². The number of carbonyl (C=O) groups is 2. The Balaban J connectivity index is 1.77. The summed E-state index contributed by atoms with van der Waals surface area (Å²) in [6, 6.07) is 9.40. The molecule has 0 unspecified atom stereocenters. The van der Waals surface area contributed by atoms with Gasteiger partial charge < -0.3 is 15.1 Å². The minimum atomic E-state index is -0.0963. The lowest BCUT2D eigenvalue weighted by Gasteiger charge is -2.31. The van der Waals surface area contributed by atoms with Gasteiger partial charge in [-0.2, -0.15) is 5.26 Å². The van der Waals surface area contributed by atoms with E-state index in [1.54, 1.807) is 4.90 Å². The fourth-order valence-electron chi connectivity index (χ4n) is 2.82. The molecule has 0 aliphatic carbocycles. The summed E-state index contributed by atoms with van der Waals surface area (Å²) in [6.45, 7) is 1.95. The van der Waals surface area contributed by atoms with Crippen molar-refractivity contribution in [2.24, 2.45) is 5.92 Å². The van der Waals surface area contributed by atoms with Gasteiger partial charge >= 0.3 is 0 Å². The van der Waals surface area contributed by atoms with E-state index in [0.717, 1.165) is 18.5 Å². The highest BCUT2D eigenvalue weighted by Gasteiger charge is 2.22. The Labute approximate surface area is 143 Å². The van der Waals surface area contributed by atoms with E-state index in [1.807, 2.05) is 49.3 Å². The number of nitrogens with one attached hydrogen (secondary N) is 1. The summed E-state index contributed by atoms with van der Waals surface area (Å²) in [6.07, 6.45) is 1.67. The van der Waals surface area contributed by atoms with E-state index in [-0.39, 0.29) is 18.2 Å². The van der Waals surface area contributed by atoms with Gasteiger partial charge in [-0.15, -0.1) is 0 Å². The maximum Gasteiger partial charge on any atom is 0.251 e. The second-order valence-corrected chi connectivity index (χ2v) is 6.31. The molecule has 1 aromatic rings. The van der Waals surface area contributed by atoms with Crippen LogP contribution in [0, 0.1) is 17.2 Å². The molecule has 1 fully saturated rings. The molecule has 1 aliphatic heterocycles. The van der Waals surface area contributed by atoms with Crippen molar-refractivity contribution in [2.45, 2.75) is 19.3 Å². The number of benzene rings is 1. The Hall–Kier alpha value is -2.55. The van der Waals surface area contributed by atoms with Crippen LogP contribution in [0.1, 0.15) is 29.6 Å². The summed E-state index contributed by atoms with van der Waals surface area (Å²) in [5.41, 5.74) is 1.71. The van der Waals surface area contributed by atoms with Crippen molar-refractivity contribution in [1.29, 1.82) is 5.26 Å². The molecule has 0 bridgehead atoms. The number of hydrogen-bond donors (Lipinski definition) is 1. The van der Waals surface area contributed by atoms with Crippen molar-refractivity contribution in [1.82, 2.24) is 10.2 Å². The maximum absolute atomic E-state index is 12.2. The van der Waals surface area contributed by atoms with Crippen molar-refractivity contribution in [3.63, 3.8) is 0 Å². The van der Waals surface area contributed by atoms with Gasteiger partial charge in [0.05, 0.1) is 6.07 Å². The number of rotatable bonds is 5. The Morgan fingerprint density at radius 1 is 1.25 bits per heavy atom. The minimum absolute atomic E-state index is 0.0512. The van der Waals surface area contributed by atoms with E-state index in [2.05, 4.69) is 5.32 Å². The van der Waals surface area contributed by atoms with Gasteiger partial charge in [0.1, 0.15) is 6.42 Å². The van der Waals surface area contributed by atoms with Gasteiger partial charge in [-0.3, -0.25) is 9.59 Å². The van der Waals surface area contributed by atoms with Gasteiger partial charge in [0, 0.05) is 45.0 Å². The molecule has 0 atom stereocenters. The van der Waals surface area contributed by atoms with Crippen LogP contribution in [0.25, 0.3) is 0 Å². The molecule has 1 aromatic carbocycles. The molecule has 6 heteroatoms. The average Bonchev–Trinajstić information content (AvgIpc) is 2.60. The van der Waals surface area contributed by atoms with Crippen molar-refractivity contribution >= 4 is 17.5 Å². The standard InChI is InChI=1S/C18H24N4O2/c1-21(2)16-5-3-15(4-6-16)18(24)20-13-14-8-11-22(12-9-14)17(23)7-10-19/h3-6,14H,7-9,11-13H2,1-2H3,(H,20,24). The van der Waals surface area contributed by atoms with Crippen LogP contribution >= 0.6 is 0 Å². The molecule has 0 saturated carbocycles. The van der Waals surface area contributed by atoms with E-state index in [4.69, 9.17) is 5.26 Å². The van der Waals surface area contributed by atoms with Crippen molar-refractivity contribution in [3.05, 3.63) is 29.8 Å². The molecule has 24 heavy (non-hydrogen) atoms. The molecule has 0 radical (unpaired) electrons. The van der Waals surface area contributed by atoms with E-state index in [9.17, 15) is 9.59 Å². The zero-order valence-electron chi connectivity index (χ0n) is 14.3. The average molecular weight is 328 g/mol. The number of nitrogens with zero attached hydrogens (tertiary/aromatic N) is 3. The predicted molar refractivity (Wildman–Crippen MR) is 92.6 cm³/mol. The van der Waals surface area contributed by atoms with Crippen LogP contribution in [0.3, 0.4) is 0 Å². The molecule has 2 amide bonds. The number of hydrogen-bond acceptors (Lipinski definition) is 4. The fraction of sp³-hybridized carbons (Fsp3) is 0.500. The molecule has 6 nitrogen and oxygen atoms in total. The lowest BCUT2D eigenvalue weighted by atomic mass is 9.96. The molecule has 128 valence electrons. The van der Waals surface area contributed by atoms with E-state index >= 15 is 0 Å².